The molecule has 1 aromatic heterocycles. The monoisotopic (exact) mass is 536 g/mol. The van der Waals surface area contributed by atoms with E-state index in [9.17, 15) is 30.7 Å². The molecule has 1 unspecified atom stereocenters. The smallest absolute Gasteiger partial charge is 0.475 e. The molecule has 206 valence electrons. The maximum Gasteiger partial charge on any atom is 0.490 e. The number of carboxylic acids is 2. The summed E-state index contributed by atoms with van der Waals surface area (Å²) in [5, 5.41) is 14.2. The third-order valence-corrected chi connectivity index (χ3v) is 5.82. The molecule has 3 heterocycles. The van der Waals surface area contributed by atoms with Gasteiger partial charge in [-0.2, -0.15) is 26.3 Å². The van der Waals surface area contributed by atoms with E-state index >= 15 is 0 Å². The highest BCUT2D eigenvalue weighted by molar-refractivity contribution is 5.73. The fourth-order valence-corrected chi connectivity index (χ4v) is 3.84. The minimum absolute atomic E-state index is 0.290. The summed E-state index contributed by atoms with van der Waals surface area (Å²) >= 11 is 0. The molecule has 2 aliphatic heterocycles. The summed E-state index contributed by atoms with van der Waals surface area (Å²) in [6, 6.07) is 0.536. The maximum atomic E-state index is 12.9. The number of anilines is 1. The molecule has 2 saturated heterocycles. The quantitative estimate of drug-likeness (QED) is 0.559. The summed E-state index contributed by atoms with van der Waals surface area (Å²) in [7, 11) is 2.24. The number of alkyl halides is 6. The predicted molar refractivity (Wildman–Crippen MR) is 111 cm³/mol. The number of halogens is 7. The van der Waals surface area contributed by atoms with Gasteiger partial charge in [0.1, 0.15) is 0 Å². The number of rotatable bonds is 4. The van der Waals surface area contributed by atoms with Crippen molar-refractivity contribution in [2.75, 3.05) is 38.3 Å². The zero-order chi connectivity index (χ0) is 27.7. The molecule has 0 amide bonds. The molecular weight excluding hydrogens is 509 g/mol. The molecule has 2 aliphatic rings. The molecule has 0 aliphatic carbocycles. The van der Waals surface area contributed by atoms with Gasteiger partial charge in [-0.25, -0.2) is 23.9 Å². The van der Waals surface area contributed by atoms with Gasteiger partial charge in [-0.1, -0.05) is 0 Å². The van der Waals surface area contributed by atoms with Crippen LogP contribution in [0, 0.1) is 5.82 Å². The molecule has 0 saturated carbocycles. The standard InChI is InChI=1S/C16H25FN4O.2C2HF3O2/c1-3-22-12-14-4-5-16(20(14)2)6-8-21(9-7-16)15-18-10-13(17)11-19-15;2*3-2(4,5)1(6)7/h10-11,14H,3-9,12H2,1-2H3;2*(H,6,7). The van der Waals surface area contributed by atoms with E-state index < -0.39 is 24.3 Å². The number of aromatic nitrogens is 2. The lowest BCUT2D eigenvalue weighted by Gasteiger charge is -2.45. The average Bonchev–Trinajstić information content (AvgIpc) is 3.08. The Balaban J connectivity index is 0.000000383. The number of hydrogen-bond acceptors (Lipinski definition) is 7. The highest BCUT2D eigenvalue weighted by Crippen LogP contribution is 2.41. The minimum atomic E-state index is -5.08. The van der Waals surface area contributed by atoms with Crippen molar-refractivity contribution in [1.29, 1.82) is 0 Å². The second-order valence-electron chi connectivity index (χ2n) is 7.98. The number of likely N-dealkylation sites (N-methyl/N-ethyl adjacent to an activating group) is 1. The van der Waals surface area contributed by atoms with Gasteiger partial charge in [0.2, 0.25) is 5.95 Å². The van der Waals surface area contributed by atoms with Crippen LogP contribution in [0.1, 0.15) is 32.6 Å². The Kier molecular flexibility index (Phi) is 11.3. The normalized spacial score (nSPS) is 19.7. The molecule has 9 nitrogen and oxygen atoms in total. The van der Waals surface area contributed by atoms with E-state index in [4.69, 9.17) is 24.5 Å². The Bertz CT molecular complexity index is 820. The number of ether oxygens (including phenoxy) is 1. The molecule has 0 aromatic carbocycles. The van der Waals surface area contributed by atoms with E-state index in [0.717, 1.165) is 39.1 Å². The number of piperidine rings is 1. The lowest BCUT2D eigenvalue weighted by Crippen LogP contribution is -2.53. The summed E-state index contributed by atoms with van der Waals surface area (Å²) in [6.45, 7) is 5.52. The highest BCUT2D eigenvalue weighted by atomic mass is 19.4. The Morgan fingerprint density at radius 3 is 1.86 bits per heavy atom. The van der Waals surface area contributed by atoms with Crippen LogP contribution in [-0.4, -0.2) is 94.3 Å². The third-order valence-electron chi connectivity index (χ3n) is 5.82. The number of carbonyl (C=O) groups is 2. The zero-order valence-electron chi connectivity index (χ0n) is 19.4. The van der Waals surface area contributed by atoms with Crippen LogP contribution >= 0.6 is 0 Å². The van der Waals surface area contributed by atoms with Crippen LogP contribution in [0.2, 0.25) is 0 Å². The lowest BCUT2D eigenvalue weighted by atomic mass is 9.85. The number of aliphatic carboxylic acids is 2. The first kappa shape index (κ1) is 31.3. The number of hydrogen-bond donors (Lipinski definition) is 2. The molecule has 3 rings (SSSR count). The SMILES string of the molecule is CCOCC1CCC2(CCN(c3ncc(F)cn3)CC2)N1C.O=C(O)C(F)(F)F.O=C(O)C(F)(F)F. The summed E-state index contributed by atoms with van der Waals surface area (Å²) < 4.78 is 82.0. The van der Waals surface area contributed by atoms with Gasteiger partial charge in [0.25, 0.3) is 0 Å². The van der Waals surface area contributed by atoms with Crippen molar-refractivity contribution in [2.45, 2.75) is 56.5 Å². The fraction of sp³-hybridized carbons (Fsp3) is 0.700. The first-order chi connectivity index (χ1) is 16.5. The first-order valence-corrected chi connectivity index (χ1v) is 10.7. The van der Waals surface area contributed by atoms with Crippen molar-refractivity contribution in [3.63, 3.8) is 0 Å². The molecule has 0 radical (unpaired) electrons. The molecule has 2 N–H and O–H groups in total. The number of nitrogens with zero attached hydrogens (tertiary/aromatic N) is 4. The topological polar surface area (TPSA) is 116 Å². The summed E-state index contributed by atoms with van der Waals surface area (Å²) in [5.74, 6) is -5.26. The largest absolute Gasteiger partial charge is 0.490 e. The third kappa shape index (κ3) is 9.37. The van der Waals surface area contributed by atoms with Crippen molar-refractivity contribution < 1.29 is 55.3 Å². The Hall–Kier alpha value is -2.75. The van der Waals surface area contributed by atoms with Gasteiger partial charge in [0.15, 0.2) is 5.82 Å². The van der Waals surface area contributed by atoms with Crippen LogP contribution < -0.4 is 4.90 Å². The van der Waals surface area contributed by atoms with E-state index in [1.807, 2.05) is 6.92 Å². The van der Waals surface area contributed by atoms with Crippen LogP contribution in [0.5, 0.6) is 0 Å². The van der Waals surface area contributed by atoms with Gasteiger partial charge in [-0.15, -0.1) is 0 Å². The zero-order valence-corrected chi connectivity index (χ0v) is 19.4. The summed E-state index contributed by atoms with van der Waals surface area (Å²) in [4.78, 5) is 30.7. The highest BCUT2D eigenvalue weighted by Gasteiger charge is 2.46. The van der Waals surface area contributed by atoms with Gasteiger partial charge in [0.05, 0.1) is 19.0 Å². The molecular formula is C20H27F7N4O5. The number of carboxylic acid groups (broad SMARTS) is 2. The van der Waals surface area contributed by atoms with Crippen LogP contribution in [0.25, 0.3) is 0 Å². The fourth-order valence-electron chi connectivity index (χ4n) is 3.84. The molecule has 1 aromatic rings. The molecule has 36 heavy (non-hydrogen) atoms. The second kappa shape index (κ2) is 13.0. The van der Waals surface area contributed by atoms with E-state index in [0.29, 0.717) is 12.0 Å². The van der Waals surface area contributed by atoms with E-state index in [1.54, 1.807) is 0 Å². The van der Waals surface area contributed by atoms with Crippen molar-refractivity contribution in [3.05, 3.63) is 18.2 Å². The van der Waals surface area contributed by atoms with E-state index in [2.05, 4.69) is 26.8 Å². The van der Waals surface area contributed by atoms with Crippen molar-refractivity contribution in [2.24, 2.45) is 0 Å². The number of likely N-dealkylation sites (tertiary alicyclic amines) is 1. The molecule has 2 fully saturated rings. The van der Waals surface area contributed by atoms with E-state index in [1.165, 1.54) is 25.2 Å². The van der Waals surface area contributed by atoms with Gasteiger partial charge >= 0.3 is 24.3 Å². The minimum Gasteiger partial charge on any atom is -0.475 e. The summed E-state index contributed by atoms with van der Waals surface area (Å²) in [6.07, 6.45) is -3.03. The maximum absolute atomic E-state index is 12.9. The second-order valence-corrected chi connectivity index (χ2v) is 7.98. The van der Waals surface area contributed by atoms with Crippen LogP contribution in [0.4, 0.5) is 36.7 Å². The average molecular weight is 536 g/mol. The Morgan fingerprint density at radius 1 is 1.03 bits per heavy atom. The van der Waals surface area contributed by atoms with Crippen LogP contribution in [0.3, 0.4) is 0 Å². The molecule has 1 atom stereocenters. The van der Waals surface area contributed by atoms with E-state index in [-0.39, 0.29) is 11.4 Å². The van der Waals surface area contributed by atoms with Crippen molar-refractivity contribution in [3.8, 4) is 0 Å². The van der Waals surface area contributed by atoms with Gasteiger partial charge in [0, 0.05) is 31.3 Å². The molecule has 16 heteroatoms. The van der Waals surface area contributed by atoms with Gasteiger partial charge in [-0.05, 0) is 39.7 Å². The van der Waals surface area contributed by atoms with Crippen LogP contribution in [0.15, 0.2) is 12.4 Å². The van der Waals surface area contributed by atoms with Crippen molar-refractivity contribution in [1.82, 2.24) is 14.9 Å². The van der Waals surface area contributed by atoms with Crippen LogP contribution in [-0.2, 0) is 14.3 Å². The first-order valence-electron chi connectivity index (χ1n) is 10.7. The lowest BCUT2D eigenvalue weighted by molar-refractivity contribution is -0.193. The predicted octanol–water partition coefficient (Wildman–Crippen LogP) is 3.35. The summed E-state index contributed by atoms with van der Waals surface area (Å²) in [5.41, 5.74) is 0.290. The van der Waals surface area contributed by atoms with Gasteiger partial charge < -0.3 is 19.8 Å². The molecule has 1 spiro atoms. The Labute approximate surface area is 201 Å². The Morgan fingerprint density at radius 2 is 1.47 bits per heavy atom. The van der Waals surface area contributed by atoms with Gasteiger partial charge in [-0.3, -0.25) is 4.90 Å². The molecule has 0 bridgehead atoms. The van der Waals surface area contributed by atoms with Crippen molar-refractivity contribution >= 4 is 17.9 Å².